The van der Waals surface area contributed by atoms with E-state index in [0.717, 1.165) is 45.2 Å². The standard InChI is InChI=1S/C19H33N5OS/c1-5-20-19(21-13-16(4)17-7-6-12-26-17)24-10-8-23(9-11-24)14-18(25)22-15(2)3/h6-7,12,15-16H,5,8-11,13-14H2,1-4H3,(H,20,21)(H,22,25). The second-order valence-corrected chi connectivity index (χ2v) is 8.08. The van der Waals surface area contributed by atoms with Crippen LogP contribution in [0.25, 0.3) is 0 Å². The smallest absolute Gasteiger partial charge is 0.234 e. The van der Waals surface area contributed by atoms with Gasteiger partial charge in [0, 0.05) is 49.6 Å². The van der Waals surface area contributed by atoms with Crippen molar-refractivity contribution in [1.82, 2.24) is 20.4 Å². The molecule has 1 saturated heterocycles. The lowest BCUT2D eigenvalue weighted by atomic mass is 10.1. The Bertz CT molecular complexity index is 564. The van der Waals surface area contributed by atoms with Crippen LogP contribution in [0.2, 0.25) is 0 Å². The molecular weight excluding hydrogens is 346 g/mol. The van der Waals surface area contributed by atoms with Crippen molar-refractivity contribution in [2.24, 2.45) is 4.99 Å². The molecule has 0 aromatic carbocycles. The van der Waals surface area contributed by atoms with Crippen molar-refractivity contribution in [2.75, 3.05) is 45.8 Å². The van der Waals surface area contributed by atoms with E-state index in [1.807, 2.05) is 13.8 Å². The number of hydrogen-bond acceptors (Lipinski definition) is 4. The van der Waals surface area contributed by atoms with Crippen LogP contribution < -0.4 is 10.6 Å². The SMILES string of the molecule is CCNC(=NCC(C)c1cccs1)N1CCN(CC(=O)NC(C)C)CC1. The van der Waals surface area contributed by atoms with E-state index in [4.69, 9.17) is 4.99 Å². The summed E-state index contributed by atoms with van der Waals surface area (Å²) in [5, 5.41) is 8.50. The quantitative estimate of drug-likeness (QED) is 0.562. The molecule has 1 aliphatic heterocycles. The van der Waals surface area contributed by atoms with Gasteiger partial charge < -0.3 is 15.5 Å². The number of guanidine groups is 1. The number of nitrogens with one attached hydrogen (secondary N) is 2. The zero-order chi connectivity index (χ0) is 18.9. The Balaban J connectivity index is 1.85. The van der Waals surface area contributed by atoms with Crippen molar-refractivity contribution in [1.29, 1.82) is 0 Å². The lowest BCUT2D eigenvalue weighted by molar-refractivity contribution is -0.123. The molecule has 0 spiro atoms. The van der Waals surface area contributed by atoms with E-state index in [0.29, 0.717) is 12.5 Å². The van der Waals surface area contributed by atoms with Crippen LogP contribution in [0.15, 0.2) is 22.5 Å². The molecule has 1 fully saturated rings. The second kappa shape index (κ2) is 10.5. The number of thiophene rings is 1. The van der Waals surface area contributed by atoms with Gasteiger partial charge >= 0.3 is 0 Å². The van der Waals surface area contributed by atoms with Crippen LogP contribution in [0, 0.1) is 0 Å². The molecule has 1 amide bonds. The average Bonchev–Trinajstić information content (AvgIpc) is 3.13. The van der Waals surface area contributed by atoms with Crippen molar-refractivity contribution >= 4 is 23.2 Å². The fraction of sp³-hybridized carbons (Fsp3) is 0.684. The van der Waals surface area contributed by atoms with Gasteiger partial charge in [-0.15, -0.1) is 11.3 Å². The van der Waals surface area contributed by atoms with Gasteiger partial charge in [-0.2, -0.15) is 0 Å². The van der Waals surface area contributed by atoms with E-state index in [-0.39, 0.29) is 11.9 Å². The van der Waals surface area contributed by atoms with Crippen molar-refractivity contribution in [3.63, 3.8) is 0 Å². The minimum Gasteiger partial charge on any atom is -0.357 e. The largest absolute Gasteiger partial charge is 0.357 e. The summed E-state index contributed by atoms with van der Waals surface area (Å²) in [4.78, 5) is 22.7. The first kappa shape index (κ1) is 20.7. The van der Waals surface area contributed by atoms with Gasteiger partial charge in [0.2, 0.25) is 5.91 Å². The molecule has 0 radical (unpaired) electrons. The molecule has 0 aliphatic carbocycles. The Morgan fingerprint density at radius 2 is 2.00 bits per heavy atom. The minimum absolute atomic E-state index is 0.110. The number of amides is 1. The molecule has 26 heavy (non-hydrogen) atoms. The van der Waals surface area contributed by atoms with Gasteiger partial charge in [-0.3, -0.25) is 14.7 Å². The first-order chi connectivity index (χ1) is 12.5. The Morgan fingerprint density at radius 1 is 1.27 bits per heavy atom. The van der Waals surface area contributed by atoms with Gasteiger partial charge in [-0.05, 0) is 32.2 Å². The van der Waals surface area contributed by atoms with E-state index in [1.165, 1.54) is 4.88 Å². The average molecular weight is 380 g/mol. The third kappa shape index (κ3) is 6.61. The van der Waals surface area contributed by atoms with Gasteiger partial charge in [0.25, 0.3) is 0 Å². The predicted octanol–water partition coefficient (Wildman–Crippen LogP) is 1.96. The van der Waals surface area contributed by atoms with E-state index < -0.39 is 0 Å². The number of nitrogens with zero attached hydrogens (tertiary/aromatic N) is 3. The monoisotopic (exact) mass is 379 g/mol. The third-order valence-electron chi connectivity index (χ3n) is 4.37. The fourth-order valence-corrected chi connectivity index (χ4v) is 3.78. The summed E-state index contributed by atoms with van der Waals surface area (Å²) in [6.07, 6.45) is 0. The lowest BCUT2D eigenvalue weighted by Gasteiger charge is -2.36. The van der Waals surface area contributed by atoms with E-state index >= 15 is 0 Å². The number of piperazine rings is 1. The molecule has 1 aromatic heterocycles. The molecule has 6 nitrogen and oxygen atoms in total. The molecule has 1 atom stereocenters. The maximum atomic E-state index is 11.9. The molecular formula is C19H33N5OS. The third-order valence-corrected chi connectivity index (χ3v) is 5.47. The van der Waals surface area contributed by atoms with E-state index in [1.54, 1.807) is 11.3 Å². The molecule has 7 heteroatoms. The highest BCUT2D eigenvalue weighted by Gasteiger charge is 2.21. The normalized spacial score (nSPS) is 17.4. The molecule has 1 unspecified atom stereocenters. The maximum absolute atomic E-state index is 11.9. The van der Waals surface area contributed by atoms with Gasteiger partial charge in [-0.1, -0.05) is 13.0 Å². The topological polar surface area (TPSA) is 60.0 Å². The summed E-state index contributed by atoms with van der Waals surface area (Å²) in [5.41, 5.74) is 0. The van der Waals surface area contributed by atoms with Crippen molar-refractivity contribution in [3.8, 4) is 0 Å². The van der Waals surface area contributed by atoms with Gasteiger partial charge in [0.15, 0.2) is 5.96 Å². The molecule has 1 aromatic rings. The van der Waals surface area contributed by atoms with E-state index in [9.17, 15) is 4.79 Å². The first-order valence-corrected chi connectivity index (χ1v) is 10.5. The van der Waals surface area contributed by atoms with Crippen LogP contribution in [-0.2, 0) is 4.79 Å². The maximum Gasteiger partial charge on any atom is 0.234 e. The summed E-state index contributed by atoms with van der Waals surface area (Å²) >= 11 is 1.79. The number of carbonyl (C=O) groups is 1. The van der Waals surface area contributed by atoms with Crippen molar-refractivity contribution in [2.45, 2.75) is 39.7 Å². The molecule has 146 valence electrons. The highest BCUT2D eigenvalue weighted by molar-refractivity contribution is 7.10. The highest BCUT2D eigenvalue weighted by atomic mass is 32.1. The molecule has 2 rings (SSSR count). The predicted molar refractivity (Wildman–Crippen MR) is 110 cm³/mol. The van der Waals surface area contributed by atoms with Crippen LogP contribution in [-0.4, -0.2) is 73.5 Å². The Morgan fingerprint density at radius 3 is 2.58 bits per heavy atom. The zero-order valence-corrected chi connectivity index (χ0v) is 17.3. The van der Waals surface area contributed by atoms with Crippen LogP contribution >= 0.6 is 11.3 Å². The van der Waals surface area contributed by atoms with Gasteiger partial charge in [-0.25, -0.2) is 0 Å². The van der Waals surface area contributed by atoms with Gasteiger partial charge in [0.05, 0.1) is 13.1 Å². The van der Waals surface area contributed by atoms with E-state index in [2.05, 4.69) is 51.8 Å². The lowest BCUT2D eigenvalue weighted by Crippen LogP contribution is -2.54. The van der Waals surface area contributed by atoms with Crippen molar-refractivity contribution < 1.29 is 4.79 Å². The Kier molecular flexibility index (Phi) is 8.38. The van der Waals surface area contributed by atoms with Crippen LogP contribution in [0.3, 0.4) is 0 Å². The summed E-state index contributed by atoms with van der Waals surface area (Å²) in [5.74, 6) is 1.53. The zero-order valence-electron chi connectivity index (χ0n) is 16.5. The summed E-state index contributed by atoms with van der Waals surface area (Å²) in [6.45, 7) is 14.0. The van der Waals surface area contributed by atoms with Crippen LogP contribution in [0.5, 0.6) is 0 Å². The fourth-order valence-electron chi connectivity index (χ4n) is 3.00. The first-order valence-electron chi connectivity index (χ1n) is 9.58. The number of hydrogen-bond donors (Lipinski definition) is 2. The second-order valence-electron chi connectivity index (χ2n) is 7.10. The van der Waals surface area contributed by atoms with Crippen molar-refractivity contribution in [3.05, 3.63) is 22.4 Å². The summed E-state index contributed by atoms with van der Waals surface area (Å²) in [7, 11) is 0. The van der Waals surface area contributed by atoms with Crippen LogP contribution in [0.1, 0.15) is 38.5 Å². The molecule has 0 saturated carbocycles. The highest BCUT2D eigenvalue weighted by Crippen LogP contribution is 2.20. The Labute approximate surface area is 161 Å². The number of rotatable bonds is 7. The summed E-state index contributed by atoms with van der Waals surface area (Å²) < 4.78 is 0. The molecule has 0 bridgehead atoms. The Hall–Kier alpha value is -1.60. The minimum atomic E-state index is 0.110. The summed E-state index contributed by atoms with van der Waals surface area (Å²) in [6, 6.07) is 4.47. The molecule has 2 heterocycles. The number of carbonyl (C=O) groups excluding carboxylic acids is 1. The van der Waals surface area contributed by atoms with Gasteiger partial charge in [0.1, 0.15) is 0 Å². The number of aliphatic imine (C=N–C) groups is 1. The van der Waals surface area contributed by atoms with Crippen LogP contribution in [0.4, 0.5) is 0 Å². The molecule has 2 N–H and O–H groups in total. The molecule has 1 aliphatic rings.